The number of rotatable bonds is 4. The molecular weight excluding hydrogens is 325 g/mol. The van der Waals surface area contributed by atoms with Gasteiger partial charge in [-0.3, -0.25) is 10.1 Å². The SMILES string of the molecule is CC(C)(C)c1nc(C(C)(C)NC2CCN(CC(F)(F)F)C2=O)no1. The van der Waals surface area contributed by atoms with Gasteiger partial charge in [-0.1, -0.05) is 25.9 Å². The van der Waals surface area contributed by atoms with Gasteiger partial charge in [-0.25, -0.2) is 0 Å². The lowest BCUT2D eigenvalue weighted by Gasteiger charge is -2.26. The number of alkyl halides is 3. The van der Waals surface area contributed by atoms with Gasteiger partial charge in [-0.2, -0.15) is 18.2 Å². The summed E-state index contributed by atoms with van der Waals surface area (Å²) >= 11 is 0. The standard InChI is InChI=1S/C15H23F3N4O2/c1-13(2,3)12-19-11(21-24-12)14(4,5)20-9-6-7-22(10(9)23)8-15(16,17)18/h9,20H,6-8H2,1-5H3. The van der Waals surface area contributed by atoms with Crippen LogP contribution in [-0.2, 0) is 15.7 Å². The summed E-state index contributed by atoms with van der Waals surface area (Å²) in [4.78, 5) is 17.3. The van der Waals surface area contributed by atoms with Crippen LogP contribution >= 0.6 is 0 Å². The van der Waals surface area contributed by atoms with E-state index in [1.54, 1.807) is 13.8 Å². The smallest absolute Gasteiger partial charge is 0.339 e. The highest BCUT2D eigenvalue weighted by molar-refractivity contribution is 5.84. The molecular formula is C15H23F3N4O2. The maximum Gasteiger partial charge on any atom is 0.406 e. The van der Waals surface area contributed by atoms with E-state index in [1.165, 1.54) is 0 Å². The van der Waals surface area contributed by atoms with Gasteiger partial charge in [0.1, 0.15) is 6.54 Å². The molecule has 1 amide bonds. The molecule has 1 unspecified atom stereocenters. The number of nitrogens with zero attached hydrogens (tertiary/aromatic N) is 3. The fourth-order valence-electron chi connectivity index (χ4n) is 2.53. The third-order valence-electron chi connectivity index (χ3n) is 3.83. The molecule has 0 radical (unpaired) electrons. The van der Waals surface area contributed by atoms with E-state index >= 15 is 0 Å². The minimum absolute atomic E-state index is 0.0750. The summed E-state index contributed by atoms with van der Waals surface area (Å²) in [5.41, 5.74) is -1.12. The molecule has 2 heterocycles. The highest BCUT2D eigenvalue weighted by Crippen LogP contribution is 2.26. The van der Waals surface area contributed by atoms with E-state index in [1.807, 2.05) is 20.8 Å². The topological polar surface area (TPSA) is 71.3 Å². The van der Waals surface area contributed by atoms with Gasteiger partial charge in [0.25, 0.3) is 0 Å². The van der Waals surface area contributed by atoms with E-state index < -0.39 is 30.2 Å². The zero-order valence-electron chi connectivity index (χ0n) is 14.5. The summed E-state index contributed by atoms with van der Waals surface area (Å²) in [5, 5.41) is 7.00. The first kappa shape index (κ1) is 18.7. The lowest BCUT2D eigenvalue weighted by molar-refractivity contribution is -0.158. The second kappa shape index (κ2) is 6.02. The number of hydrogen-bond donors (Lipinski definition) is 1. The lowest BCUT2D eigenvalue weighted by atomic mass is 9.96. The number of carbonyl (C=O) groups is 1. The fourth-order valence-corrected chi connectivity index (χ4v) is 2.53. The van der Waals surface area contributed by atoms with Crippen LogP contribution in [0.15, 0.2) is 4.52 Å². The van der Waals surface area contributed by atoms with Gasteiger partial charge < -0.3 is 9.42 Å². The van der Waals surface area contributed by atoms with Gasteiger partial charge >= 0.3 is 6.18 Å². The molecule has 1 fully saturated rings. The Morgan fingerprint density at radius 3 is 2.38 bits per heavy atom. The van der Waals surface area contributed by atoms with E-state index in [-0.39, 0.29) is 12.0 Å². The Bertz CT molecular complexity index is 605. The molecule has 0 bridgehead atoms. The number of likely N-dealkylation sites (tertiary alicyclic amines) is 1. The maximum atomic E-state index is 12.5. The van der Waals surface area contributed by atoms with Crippen LogP contribution in [0.2, 0.25) is 0 Å². The van der Waals surface area contributed by atoms with Crippen LogP contribution in [0.5, 0.6) is 0 Å². The van der Waals surface area contributed by atoms with E-state index in [4.69, 9.17) is 4.52 Å². The fraction of sp³-hybridized carbons (Fsp3) is 0.800. The van der Waals surface area contributed by atoms with E-state index in [2.05, 4.69) is 15.5 Å². The van der Waals surface area contributed by atoms with Crippen molar-refractivity contribution in [1.29, 1.82) is 0 Å². The zero-order chi connectivity index (χ0) is 18.3. The van der Waals surface area contributed by atoms with Gasteiger partial charge in [0.15, 0.2) is 5.82 Å². The van der Waals surface area contributed by atoms with Crippen molar-refractivity contribution in [3.63, 3.8) is 0 Å². The number of aromatic nitrogens is 2. The first-order chi connectivity index (χ1) is 10.8. The average Bonchev–Trinajstić information content (AvgIpc) is 2.99. The Balaban J connectivity index is 2.07. The van der Waals surface area contributed by atoms with E-state index in [0.29, 0.717) is 18.1 Å². The van der Waals surface area contributed by atoms with Crippen LogP contribution in [0, 0.1) is 0 Å². The monoisotopic (exact) mass is 348 g/mol. The van der Waals surface area contributed by atoms with Crippen LogP contribution in [0.3, 0.4) is 0 Å². The molecule has 9 heteroatoms. The molecule has 2 rings (SSSR count). The molecule has 1 atom stereocenters. The Kier molecular flexibility index (Phi) is 4.69. The van der Waals surface area contributed by atoms with Crippen LogP contribution in [0.4, 0.5) is 13.2 Å². The molecule has 1 saturated heterocycles. The van der Waals surface area contributed by atoms with Crippen molar-refractivity contribution in [3.8, 4) is 0 Å². The quantitative estimate of drug-likeness (QED) is 0.904. The van der Waals surface area contributed by atoms with Gasteiger partial charge in [0, 0.05) is 12.0 Å². The summed E-state index contributed by atoms with van der Waals surface area (Å²) in [6, 6.07) is -0.695. The Labute approximate surface area is 138 Å². The predicted octanol–water partition coefficient (Wildman–Crippen LogP) is 2.36. The first-order valence-electron chi connectivity index (χ1n) is 7.77. The zero-order valence-corrected chi connectivity index (χ0v) is 14.5. The largest absolute Gasteiger partial charge is 0.406 e. The Hall–Kier alpha value is -1.64. The second-order valence-corrected chi connectivity index (χ2v) is 7.66. The molecule has 1 aromatic heterocycles. The summed E-state index contributed by atoms with van der Waals surface area (Å²) in [5.74, 6) is 0.276. The first-order valence-corrected chi connectivity index (χ1v) is 7.77. The summed E-state index contributed by atoms with van der Waals surface area (Å²) in [6.07, 6.45) is -4.09. The minimum atomic E-state index is -4.39. The van der Waals surface area contributed by atoms with Crippen molar-refractivity contribution in [2.75, 3.05) is 13.1 Å². The lowest BCUT2D eigenvalue weighted by Crippen LogP contribution is -2.49. The second-order valence-electron chi connectivity index (χ2n) is 7.66. The maximum absolute atomic E-state index is 12.5. The Morgan fingerprint density at radius 1 is 1.25 bits per heavy atom. The molecule has 24 heavy (non-hydrogen) atoms. The number of nitrogens with one attached hydrogen (secondary N) is 1. The normalized spacial score (nSPS) is 20.1. The number of carbonyl (C=O) groups excluding carboxylic acids is 1. The molecule has 0 spiro atoms. The van der Waals surface area contributed by atoms with E-state index in [9.17, 15) is 18.0 Å². The van der Waals surface area contributed by atoms with Crippen molar-refractivity contribution in [3.05, 3.63) is 11.7 Å². The molecule has 0 saturated carbocycles. The van der Waals surface area contributed by atoms with Crippen molar-refractivity contribution in [1.82, 2.24) is 20.4 Å². The highest BCUT2D eigenvalue weighted by Gasteiger charge is 2.42. The molecule has 136 valence electrons. The summed E-state index contributed by atoms with van der Waals surface area (Å²) in [6.45, 7) is 8.18. The van der Waals surface area contributed by atoms with Crippen LogP contribution in [0.25, 0.3) is 0 Å². The molecule has 0 aliphatic carbocycles. The minimum Gasteiger partial charge on any atom is -0.339 e. The van der Waals surface area contributed by atoms with E-state index in [0.717, 1.165) is 4.90 Å². The summed E-state index contributed by atoms with van der Waals surface area (Å²) < 4.78 is 42.7. The predicted molar refractivity (Wildman–Crippen MR) is 80.2 cm³/mol. The van der Waals surface area contributed by atoms with Crippen molar-refractivity contribution in [2.24, 2.45) is 0 Å². The van der Waals surface area contributed by atoms with Crippen molar-refractivity contribution in [2.45, 2.75) is 64.2 Å². The average molecular weight is 348 g/mol. The highest BCUT2D eigenvalue weighted by atomic mass is 19.4. The third kappa shape index (κ3) is 4.25. The number of hydrogen-bond acceptors (Lipinski definition) is 5. The number of amides is 1. The van der Waals surface area contributed by atoms with Gasteiger partial charge in [-0.05, 0) is 20.3 Å². The van der Waals surface area contributed by atoms with Gasteiger partial charge in [-0.15, -0.1) is 0 Å². The molecule has 1 aliphatic rings. The van der Waals surface area contributed by atoms with Crippen LogP contribution < -0.4 is 5.32 Å². The summed E-state index contributed by atoms with van der Waals surface area (Å²) in [7, 11) is 0. The molecule has 0 aromatic carbocycles. The van der Waals surface area contributed by atoms with Crippen LogP contribution in [-0.4, -0.2) is 46.3 Å². The molecule has 1 aliphatic heterocycles. The van der Waals surface area contributed by atoms with Gasteiger partial charge in [0.2, 0.25) is 11.8 Å². The van der Waals surface area contributed by atoms with Crippen molar-refractivity contribution >= 4 is 5.91 Å². The molecule has 1 aromatic rings. The molecule has 1 N–H and O–H groups in total. The molecule has 6 nitrogen and oxygen atoms in total. The van der Waals surface area contributed by atoms with Crippen molar-refractivity contribution < 1.29 is 22.5 Å². The number of halogens is 3. The van der Waals surface area contributed by atoms with Crippen LogP contribution in [0.1, 0.15) is 52.8 Å². The van der Waals surface area contributed by atoms with Gasteiger partial charge in [0.05, 0.1) is 11.6 Å². The third-order valence-corrected chi connectivity index (χ3v) is 3.83. The Morgan fingerprint density at radius 2 is 1.88 bits per heavy atom.